The highest BCUT2D eigenvalue weighted by molar-refractivity contribution is 8.27. The number of hydrogen-bond donors (Lipinski definition) is 1. The van der Waals surface area contributed by atoms with Crippen LogP contribution in [0.2, 0.25) is 0 Å². The van der Waals surface area contributed by atoms with Crippen LogP contribution in [0.5, 0.6) is 11.5 Å². The number of amides is 1. The van der Waals surface area contributed by atoms with Crippen LogP contribution in [-0.4, -0.2) is 38.6 Å². The standard InChI is InChI=1S/C27H23N5O3S/c1-3-34-23-15-18(11-12-22(23)35-17(2)19-8-5-4-6-9-19)14-21-24(28)32-27(30-25(21)33)36-26(31-32)20-10-7-13-29-16-20/h4-17,28H,3H2,1-2H3. The number of carbonyl (C=O) groups excluding carboxylic acids is 1. The van der Waals surface area contributed by atoms with Gasteiger partial charge in [-0.3, -0.25) is 15.2 Å². The molecule has 5 rings (SSSR count). The zero-order valence-electron chi connectivity index (χ0n) is 19.7. The molecule has 36 heavy (non-hydrogen) atoms. The fraction of sp³-hybridized carbons (Fsp3) is 0.148. The number of fused-ring (bicyclic) bond motifs is 1. The molecule has 0 spiro atoms. The van der Waals surface area contributed by atoms with Gasteiger partial charge in [-0.2, -0.15) is 15.1 Å². The molecule has 8 nitrogen and oxygen atoms in total. The summed E-state index contributed by atoms with van der Waals surface area (Å²) in [6.07, 6.45) is 4.82. The Balaban J connectivity index is 1.41. The minimum absolute atomic E-state index is 0.0348. The van der Waals surface area contributed by atoms with E-state index in [-0.39, 0.29) is 17.5 Å². The van der Waals surface area contributed by atoms with Gasteiger partial charge in [0.1, 0.15) is 11.1 Å². The average molecular weight is 498 g/mol. The van der Waals surface area contributed by atoms with Gasteiger partial charge in [0.2, 0.25) is 5.17 Å². The lowest BCUT2D eigenvalue weighted by molar-refractivity contribution is -0.114. The first-order chi connectivity index (χ1) is 17.5. The molecule has 0 bridgehead atoms. The fourth-order valence-corrected chi connectivity index (χ4v) is 4.61. The molecule has 3 aromatic rings. The third kappa shape index (κ3) is 4.78. The van der Waals surface area contributed by atoms with Crippen molar-refractivity contribution < 1.29 is 14.3 Å². The van der Waals surface area contributed by atoms with Crippen LogP contribution in [-0.2, 0) is 4.79 Å². The van der Waals surface area contributed by atoms with E-state index in [2.05, 4.69) is 15.1 Å². The second kappa shape index (κ2) is 10.2. The van der Waals surface area contributed by atoms with E-state index in [4.69, 9.17) is 14.9 Å². The number of amidine groups is 2. The average Bonchev–Trinajstić information content (AvgIpc) is 3.33. The summed E-state index contributed by atoms with van der Waals surface area (Å²) in [5, 5.41) is 15.5. The number of nitrogens with one attached hydrogen (secondary N) is 1. The number of aliphatic imine (C=N–C) groups is 1. The highest BCUT2D eigenvalue weighted by Crippen LogP contribution is 2.34. The predicted octanol–water partition coefficient (Wildman–Crippen LogP) is 5.29. The molecule has 1 unspecified atom stereocenters. The van der Waals surface area contributed by atoms with Gasteiger partial charge in [-0.25, -0.2) is 0 Å². The Morgan fingerprint density at radius 1 is 1.11 bits per heavy atom. The van der Waals surface area contributed by atoms with E-state index in [0.717, 1.165) is 11.1 Å². The Labute approximate surface area is 212 Å². The van der Waals surface area contributed by atoms with Gasteiger partial charge in [0.15, 0.2) is 17.3 Å². The molecule has 2 aromatic carbocycles. The van der Waals surface area contributed by atoms with Crippen molar-refractivity contribution in [2.45, 2.75) is 20.0 Å². The number of rotatable bonds is 7. The first-order valence-corrected chi connectivity index (χ1v) is 12.2. The van der Waals surface area contributed by atoms with E-state index in [1.165, 1.54) is 16.8 Å². The van der Waals surface area contributed by atoms with E-state index in [0.29, 0.717) is 33.9 Å². The number of nitrogens with zero attached hydrogens (tertiary/aromatic N) is 4. The SMILES string of the molecule is CCOc1cc(C=C2C(=N)N3N=C(c4cccnc4)SC3=NC2=O)ccc1OC(C)c1ccccc1. The Morgan fingerprint density at radius 3 is 2.69 bits per heavy atom. The third-order valence-corrected chi connectivity index (χ3v) is 6.47. The second-order valence-corrected chi connectivity index (χ2v) is 8.93. The lowest BCUT2D eigenvalue weighted by Crippen LogP contribution is -2.35. The van der Waals surface area contributed by atoms with Crippen LogP contribution in [0.25, 0.3) is 6.08 Å². The zero-order valence-corrected chi connectivity index (χ0v) is 20.5. The minimum Gasteiger partial charge on any atom is -0.490 e. The highest BCUT2D eigenvalue weighted by Gasteiger charge is 2.36. The van der Waals surface area contributed by atoms with Gasteiger partial charge in [-0.05, 0) is 67.1 Å². The molecule has 0 fully saturated rings. The Hall–Kier alpha value is -4.24. The van der Waals surface area contributed by atoms with E-state index in [1.54, 1.807) is 24.5 Å². The molecule has 1 N–H and O–H groups in total. The normalized spacial score (nSPS) is 16.9. The number of carbonyl (C=O) groups is 1. The molecule has 0 saturated carbocycles. The van der Waals surface area contributed by atoms with Crippen LogP contribution < -0.4 is 9.47 Å². The molecule has 0 aliphatic carbocycles. The topological polar surface area (TPSA) is 100 Å². The van der Waals surface area contributed by atoms with Crippen LogP contribution in [0.4, 0.5) is 0 Å². The smallest absolute Gasteiger partial charge is 0.283 e. The van der Waals surface area contributed by atoms with E-state index in [1.807, 2.05) is 68.4 Å². The van der Waals surface area contributed by atoms with Gasteiger partial charge < -0.3 is 9.47 Å². The lowest BCUT2D eigenvalue weighted by atomic mass is 10.1. The van der Waals surface area contributed by atoms with Gasteiger partial charge >= 0.3 is 0 Å². The van der Waals surface area contributed by atoms with Crippen LogP contribution >= 0.6 is 11.8 Å². The Morgan fingerprint density at radius 2 is 1.94 bits per heavy atom. The molecular weight excluding hydrogens is 474 g/mol. The quantitative estimate of drug-likeness (QED) is 0.445. The number of hydrazone groups is 1. The van der Waals surface area contributed by atoms with Crippen molar-refractivity contribution in [1.29, 1.82) is 5.41 Å². The van der Waals surface area contributed by atoms with Crippen LogP contribution in [0.15, 0.2) is 88.7 Å². The molecule has 0 radical (unpaired) electrons. The summed E-state index contributed by atoms with van der Waals surface area (Å²) in [5.74, 6) is 0.634. The molecule has 1 aromatic heterocycles. The van der Waals surface area contributed by atoms with Gasteiger partial charge in [0.25, 0.3) is 5.91 Å². The molecule has 1 atom stereocenters. The van der Waals surface area contributed by atoms with Crippen molar-refractivity contribution >= 4 is 39.8 Å². The summed E-state index contributed by atoms with van der Waals surface area (Å²) < 4.78 is 12.0. The molecule has 0 saturated heterocycles. The molecule has 180 valence electrons. The molecular formula is C27H23N5O3S. The van der Waals surface area contributed by atoms with E-state index in [9.17, 15) is 4.79 Å². The maximum absolute atomic E-state index is 12.8. The lowest BCUT2D eigenvalue weighted by Gasteiger charge is -2.20. The number of aromatic nitrogens is 1. The maximum Gasteiger partial charge on any atom is 0.283 e. The van der Waals surface area contributed by atoms with Gasteiger partial charge in [-0.1, -0.05) is 36.4 Å². The Kier molecular flexibility index (Phi) is 6.64. The van der Waals surface area contributed by atoms with Gasteiger partial charge in [0, 0.05) is 18.0 Å². The number of ether oxygens (including phenoxy) is 2. The Bertz CT molecular complexity index is 1400. The summed E-state index contributed by atoms with van der Waals surface area (Å²) in [5.41, 5.74) is 2.68. The molecule has 2 aliphatic heterocycles. The van der Waals surface area contributed by atoms with Crippen LogP contribution in [0.3, 0.4) is 0 Å². The number of pyridine rings is 1. The maximum atomic E-state index is 12.8. The third-order valence-electron chi connectivity index (χ3n) is 5.51. The van der Waals surface area contributed by atoms with Crippen molar-refractivity contribution in [1.82, 2.24) is 9.99 Å². The van der Waals surface area contributed by atoms with E-state index < -0.39 is 5.91 Å². The van der Waals surface area contributed by atoms with Crippen molar-refractivity contribution in [2.75, 3.05) is 6.61 Å². The minimum atomic E-state index is -0.489. The second-order valence-electron chi connectivity index (χ2n) is 7.98. The number of hydrogen-bond acceptors (Lipinski definition) is 7. The van der Waals surface area contributed by atoms with Crippen LogP contribution in [0.1, 0.15) is 36.6 Å². The number of thioether (sulfide) groups is 1. The van der Waals surface area contributed by atoms with Crippen molar-refractivity contribution in [3.05, 3.63) is 95.3 Å². The van der Waals surface area contributed by atoms with Gasteiger partial charge in [0.05, 0.1) is 12.2 Å². The summed E-state index contributed by atoms with van der Waals surface area (Å²) in [7, 11) is 0. The van der Waals surface area contributed by atoms with Gasteiger partial charge in [-0.15, -0.1) is 0 Å². The first kappa shape index (κ1) is 23.5. The van der Waals surface area contributed by atoms with Crippen molar-refractivity contribution in [2.24, 2.45) is 10.1 Å². The van der Waals surface area contributed by atoms with Crippen LogP contribution in [0, 0.1) is 5.41 Å². The number of benzene rings is 2. The summed E-state index contributed by atoms with van der Waals surface area (Å²) in [4.78, 5) is 21.1. The zero-order chi connectivity index (χ0) is 25.1. The summed E-state index contributed by atoms with van der Waals surface area (Å²) >= 11 is 1.24. The molecule has 9 heteroatoms. The van der Waals surface area contributed by atoms with E-state index >= 15 is 0 Å². The molecule has 2 aliphatic rings. The van der Waals surface area contributed by atoms with Crippen molar-refractivity contribution in [3.8, 4) is 11.5 Å². The molecule has 3 heterocycles. The first-order valence-electron chi connectivity index (χ1n) is 11.4. The summed E-state index contributed by atoms with van der Waals surface area (Å²) in [6, 6.07) is 19.1. The largest absolute Gasteiger partial charge is 0.490 e. The monoisotopic (exact) mass is 497 g/mol. The predicted molar refractivity (Wildman–Crippen MR) is 141 cm³/mol. The fourth-order valence-electron chi connectivity index (χ4n) is 3.73. The van der Waals surface area contributed by atoms with Crippen molar-refractivity contribution in [3.63, 3.8) is 0 Å². The summed E-state index contributed by atoms with van der Waals surface area (Å²) in [6.45, 7) is 4.33. The highest BCUT2D eigenvalue weighted by atomic mass is 32.2. The molecule has 1 amide bonds.